The monoisotopic (exact) mass is 171 g/mol. The Balaban J connectivity index is 2.61. The van der Waals surface area contributed by atoms with Crippen molar-refractivity contribution in [1.29, 1.82) is 0 Å². The first-order valence-corrected chi connectivity index (χ1v) is 3.76. The maximum absolute atomic E-state index is 11.4. The number of nitrogens with zero attached hydrogens (tertiary/aromatic N) is 1. The molecule has 1 heterocycles. The van der Waals surface area contributed by atoms with E-state index in [1.54, 1.807) is 13.8 Å². The van der Waals surface area contributed by atoms with Crippen molar-refractivity contribution >= 4 is 11.8 Å². The zero-order valence-corrected chi connectivity index (χ0v) is 7.26. The van der Waals surface area contributed by atoms with Crippen molar-refractivity contribution in [2.45, 2.75) is 19.4 Å². The van der Waals surface area contributed by atoms with Gasteiger partial charge < -0.3 is 16.0 Å². The van der Waals surface area contributed by atoms with E-state index in [-0.39, 0.29) is 25.0 Å². The molecule has 1 saturated heterocycles. The lowest BCUT2D eigenvalue weighted by Crippen LogP contribution is -2.50. The minimum absolute atomic E-state index is 0.124. The molecule has 0 spiro atoms. The lowest BCUT2D eigenvalue weighted by atomic mass is 10.1. The van der Waals surface area contributed by atoms with Crippen molar-refractivity contribution in [3.63, 3.8) is 0 Å². The van der Waals surface area contributed by atoms with E-state index in [9.17, 15) is 9.59 Å². The van der Waals surface area contributed by atoms with Crippen LogP contribution in [0.15, 0.2) is 0 Å². The highest BCUT2D eigenvalue weighted by molar-refractivity contribution is 5.91. The van der Waals surface area contributed by atoms with Crippen LogP contribution in [0.25, 0.3) is 0 Å². The van der Waals surface area contributed by atoms with Gasteiger partial charge in [-0.3, -0.25) is 9.59 Å². The molecular weight excluding hydrogens is 158 g/mol. The Bertz CT molecular complexity index is 219. The molecule has 2 amide bonds. The molecule has 68 valence electrons. The fourth-order valence-electron chi connectivity index (χ4n) is 1.02. The van der Waals surface area contributed by atoms with Crippen molar-refractivity contribution in [3.8, 4) is 0 Å². The van der Waals surface area contributed by atoms with Gasteiger partial charge in [0.25, 0.3) is 0 Å². The maximum Gasteiger partial charge on any atom is 0.243 e. The lowest BCUT2D eigenvalue weighted by molar-refractivity contribution is -0.135. The SMILES string of the molecule is CC(C)(N)C(=O)N1CNC(=O)C1. The van der Waals surface area contributed by atoms with Crippen LogP contribution in [0.4, 0.5) is 0 Å². The molecule has 1 rings (SSSR count). The van der Waals surface area contributed by atoms with Crippen molar-refractivity contribution < 1.29 is 9.59 Å². The molecule has 0 bridgehead atoms. The molecular formula is C7H13N3O2. The lowest BCUT2D eigenvalue weighted by Gasteiger charge is -2.23. The van der Waals surface area contributed by atoms with Crippen LogP contribution in [0.5, 0.6) is 0 Å². The molecule has 0 aromatic carbocycles. The molecule has 1 aliphatic rings. The molecule has 0 radical (unpaired) electrons. The fourth-order valence-corrected chi connectivity index (χ4v) is 1.02. The molecule has 0 aliphatic carbocycles. The largest absolute Gasteiger partial charge is 0.337 e. The molecule has 1 aliphatic heterocycles. The summed E-state index contributed by atoms with van der Waals surface area (Å²) in [6, 6.07) is 0. The average Bonchev–Trinajstić information content (AvgIpc) is 2.32. The number of nitrogens with one attached hydrogen (secondary N) is 1. The van der Waals surface area contributed by atoms with E-state index in [2.05, 4.69) is 5.32 Å². The number of nitrogens with two attached hydrogens (primary N) is 1. The summed E-state index contributed by atoms with van der Waals surface area (Å²) in [4.78, 5) is 23.6. The van der Waals surface area contributed by atoms with Crippen LogP contribution in [-0.4, -0.2) is 35.5 Å². The van der Waals surface area contributed by atoms with Crippen LogP contribution in [0.2, 0.25) is 0 Å². The summed E-state index contributed by atoms with van der Waals surface area (Å²) in [5, 5.41) is 2.53. The van der Waals surface area contributed by atoms with Crippen molar-refractivity contribution in [3.05, 3.63) is 0 Å². The molecule has 3 N–H and O–H groups in total. The van der Waals surface area contributed by atoms with Gasteiger partial charge in [0.1, 0.15) is 6.54 Å². The van der Waals surface area contributed by atoms with E-state index in [0.717, 1.165) is 0 Å². The summed E-state index contributed by atoms with van der Waals surface area (Å²) in [7, 11) is 0. The van der Waals surface area contributed by atoms with Crippen LogP contribution in [-0.2, 0) is 9.59 Å². The summed E-state index contributed by atoms with van der Waals surface area (Å²) in [6.07, 6.45) is 0. The molecule has 12 heavy (non-hydrogen) atoms. The van der Waals surface area contributed by atoms with Gasteiger partial charge in [-0.05, 0) is 13.8 Å². The minimum Gasteiger partial charge on any atom is -0.337 e. The van der Waals surface area contributed by atoms with Crippen LogP contribution >= 0.6 is 0 Å². The summed E-state index contributed by atoms with van der Waals surface area (Å²) < 4.78 is 0. The van der Waals surface area contributed by atoms with Crippen molar-refractivity contribution in [2.75, 3.05) is 13.2 Å². The molecule has 1 fully saturated rings. The van der Waals surface area contributed by atoms with Crippen molar-refractivity contribution in [2.24, 2.45) is 5.73 Å². The highest BCUT2D eigenvalue weighted by Crippen LogP contribution is 2.05. The number of carbonyl (C=O) groups excluding carboxylic acids is 2. The molecule has 0 atom stereocenters. The van der Waals surface area contributed by atoms with Crippen LogP contribution < -0.4 is 11.1 Å². The van der Waals surface area contributed by atoms with Crippen molar-refractivity contribution in [1.82, 2.24) is 10.2 Å². The van der Waals surface area contributed by atoms with Gasteiger partial charge in [-0.15, -0.1) is 0 Å². The van der Waals surface area contributed by atoms with Crippen LogP contribution in [0, 0.1) is 0 Å². The van der Waals surface area contributed by atoms with Gasteiger partial charge in [-0.2, -0.15) is 0 Å². The minimum atomic E-state index is -0.897. The van der Waals surface area contributed by atoms with Gasteiger partial charge >= 0.3 is 0 Å². The Morgan fingerprint density at radius 3 is 2.58 bits per heavy atom. The number of amides is 2. The Hall–Kier alpha value is -1.10. The fraction of sp³-hybridized carbons (Fsp3) is 0.714. The molecule has 5 heteroatoms. The van der Waals surface area contributed by atoms with Gasteiger partial charge in [0.15, 0.2) is 0 Å². The standard InChI is InChI=1S/C7H13N3O2/c1-7(2,8)6(12)10-3-5(11)9-4-10/h3-4,8H2,1-2H3,(H,9,11). The Morgan fingerprint density at radius 1 is 1.67 bits per heavy atom. The smallest absolute Gasteiger partial charge is 0.243 e. The zero-order chi connectivity index (χ0) is 9.35. The van der Waals surface area contributed by atoms with Gasteiger partial charge in [-0.25, -0.2) is 0 Å². The highest BCUT2D eigenvalue weighted by Gasteiger charge is 2.31. The van der Waals surface area contributed by atoms with E-state index in [0.29, 0.717) is 0 Å². The van der Waals surface area contributed by atoms with Crippen LogP contribution in [0.3, 0.4) is 0 Å². The molecule has 0 aromatic heterocycles. The summed E-state index contributed by atoms with van der Waals surface area (Å²) in [6.45, 7) is 3.65. The number of hydrogen-bond donors (Lipinski definition) is 2. The third-order valence-electron chi connectivity index (χ3n) is 1.64. The summed E-state index contributed by atoms with van der Waals surface area (Å²) >= 11 is 0. The molecule has 0 aromatic rings. The molecule has 5 nitrogen and oxygen atoms in total. The second-order valence-electron chi connectivity index (χ2n) is 3.48. The van der Waals surface area contributed by atoms with E-state index in [1.165, 1.54) is 4.90 Å². The van der Waals surface area contributed by atoms with Gasteiger partial charge in [0.2, 0.25) is 11.8 Å². The predicted octanol–water partition coefficient (Wildman–Crippen LogP) is -1.36. The first-order chi connectivity index (χ1) is 5.41. The molecule has 0 unspecified atom stereocenters. The quantitative estimate of drug-likeness (QED) is 0.511. The third kappa shape index (κ3) is 1.73. The number of hydrogen-bond acceptors (Lipinski definition) is 3. The normalized spacial score (nSPS) is 17.9. The Labute approximate surface area is 70.9 Å². The first kappa shape index (κ1) is 8.99. The Morgan fingerprint density at radius 2 is 2.25 bits per heavy atom. The second-order valence-corrected chi connectivity index (χ2v) is 3.48. The number of rotatable bonds is 1. The van der Waals surface area contributed by atoms with Crippen LogP contribution in [0.1, 0.15) is 13.8 Å². The van der Waals surface area contributed by atoms with Gasteiger partial charge in [-0.1, -0.05) is 0 Å². The number of carbonyl (C=O) groups is 2. The van der Waals surface area contributed by atoms with E-state index in [1.807, 2.05) is 0 Å². The topological polar surface area (TPSA) is 75.4 Å². The summed E-state index contributed by atoms with van der Waals surface area (Å²) in [5.41, 5.74) is 4.68. The van der Waals surface area contributed by atoms with Gasteiger partial charge in [0, 0.05) is 0 Å². The second kappa shape index (κ2) is 2.75. The highest BCUT2D eigenvalue weighted by atomic mass is 16.2. The molecule has 0 saturated carbocycles. The summed E-state index contributed by atoms with van der Waals surface area (Å²) in [5.74, 6) is -0.339. The first-order valence-electron chi connectivity index (χ1n) is 3.76. The maximum atomic E-state index is 11.4. The van der Waals surface area contributed by atoms with E-state index in [4.69, 9.17) is 5.73 Å². The zero-order valence-electron chi connectivity index (χ0n) is 7.26. The van der Waals surface area contributed by atoms with E-state index >= 15 is 0 Å². The average molecular weight is 171 g/mol. The van der Waals surface area contributed by atoms with Gasteiger partial charge in [0.05, 0.1) is 12.2 Å². The van der Waals surface area contributed by atoms with E-state index < -0.39 is 5.54 Å². The third-order valence-corrected chi connectivity index (χ3v) is 1.64. The Kier molecular flexibility index (Phi) is 2.06. The predicted molar refractivity (Wildman–Crippen MR) is 43.0 cm³/mol.